The summed E-state index contributed by atoms with van der Waals surface area (Å²) in [4.78, 5) is 34.1. The maximum Gasteiger partial charge on any atom is 0.303 e. The van der Waals surface area contributed by atoms with E-state index in [1.165, 1.54) is 20.8 Å². The van der Waals surface area contributed by atoms with Gasteiger partial charge in [0.25, 0.3) is 0 Å². The fourth-order valence-corrected chi connectivity index (χ4v) is 2.93. The first-order valence-corrected chi connectivity index (χ1v) is 7.57. The zero-order chi connectivity index (χ0) is 17.1. The van der Waals surface area contributed by atoms with Crippen LogP contribution in [-0.4, -0.2) is 36.2 Å². The van der Waals surface area contributed by atoms with Gasteiger partial charge in [-0.05, 0) is 24.2 Å². The van der Waals surface area contributed by atoms with Crippen LogP contribution in [0.5, 0.6) is 0 Å². The Morgan fingerprint density at radius 3 is 1.50 bits per heavy atom. The van der Waals surface area contributed by atoms with Gasteiger partial charge in [0.05, 0.1) is 0 Å². The predicted molar refractivity (Wildman–Crippen MR) is 78.8 cm³/mol. The first-order valence-electron chi connectivity index (χ1n) is 7.57. The number of carbonyl (C=O) groups is 3. The van der Waals surface area contributed by atoms with Gasteiger partial charge in [0.15, 0.2) is 6.10 Å². The Morgan fingerprint density at radius 1 is 0.864 bits per heavy atom. The molecule has 22 heavy (non-hydrogen) atoms. The fourth-order valence-electron chi connectivity index (χ4n) is 2.93. The minimum Gasteiger partial charge on any atom is -0.458 e. The van der Waals surface area contributed by atoms with Crippen LogP contribution in [0.25, 0.3) is 0 Å². The molecule has 0 bridgehead atoms. The van der Waals surface area contributed by atoms with E-state index in [4.69, 9.17) is 14.2 Å². The van der Waals surface area contributed by atoms with Crippen molar-refractivity contribution in [2.24, 2.45) is 11.3 Å². The highest BCUT2D eigenvalue weighted by Gasteiger charge is 2.49. The third kappa shape index (κ3) is 4.71. The van der Waals surface area contributed by atoms with E-state index in [9.17, 15) is 14.4 Å². The van der Waals surface area contributed by atoms with Crippen LogP contribution < -0.4 is 0 Å². The second kappa shape index (κ2) is 7.11. The summed E-state index contributed by atoms with van der Waals surface area (Å²) < 4.78 is 16.0. The van der Waals surface area contributed by atoms with Crippen molar-refractivity contribution in [3.63, 3.8) is 0 Å². The number of rotatable bonds is 4. The topological polar surface area (TPSA) is 78.9 Å². The third-order valence-corrected chi connectivity index (χ3v) is 4.40. The molecule has 1 aliphatic rings. The third-order valence-electron chi connectivity index (χ3n) is 4.40. The summed E-state index contributed by atoms with van der Waals surface area (Å²) in [6.45, 7) is 10.1. The van der Waals surface area contributed by atoms with Gasteiger partial charge in [-0.25, -0.2) is 0 Å². The first-order chi connectivity index (χ1) is 10.0. The van der Waals surface area contributed by atoms with Crippen LogP contribution in [0.1, 0.15) is 54.4 Å². The minimum absolute atomic E-state index is 0.184. The largest absolute Gasteiger partial charge is 0.458 e. The summed E-state index contributed by atoms with van der Waals surface area (Å²) in [6, 6.07) is 0. The standard InChI is InChI=1S/C16H26O6/c1-9(2)16(6)7-13(20-10(3)17)15(22-12(5)19)14(8-16)21-11(4)18/h9,13-15H,7-8H2,1-6H3/t13-,14-,15-,16-/m1/s1. The van der Waals surface area contributed by atoms with Crippen LogP contribution in [-0.2, 0) is 28.6 Å². The molecule has 0 amide bonds. The van der Waals surface area contributed by atoms with Crippen molar-refractivity contribution in [2.45, 2.75) is 72.7 Å². The summed E-state index contributed by atoms with van der Waals surface area (Å²) in [7, 11) is 0. The number of hydrogen-bond acceptors (Lipinski definition) is 6. The summed E-state index contributed by atoms with van der Waals surface area (Å²) in [5, 5.41) is 0. The average molecular weight is 314 g/mol. The van der Waals surface area contributed by atoms with Crippen LogP contribution in [0.3, 0.4) is 0 Å². The predicted octanol–water partition coefficient (Wildman–Crippen LogP) is 2.24. The highest BCUT2D eigenvalue weighted by molar-refractivity contribution is 5.68. The Hall–Kier alpha value is -1.59. The molecule has 0 unspecified atom stereocenters. The van der Waals surface area contributed by atoms with Crippen molar-refractivity contribution in [1.82, 2.24) is 0 Å². The van der Waals surface area contributed by atoms with Crippen molar-refractivity contribution >= 4 is 17.9 Å². The molecule has 1 rings (SSSR count). The second-order valence-corrected chi connectivity index (χ2v) is 6.59. The summed E-state index contributed by atoms with van der Waals surface area (Å²) in [5.74, 6) is -1.09. The lowest BCUT2D eigenvalue weighted by atomic mass is 9.65. The van der Waals surface area contributed by atoms with Crippen LogP contribution in [0, 0.1) is 11.3 Å². The highest BCUT2D eigenvalue weighted by atomic mass is 16.6. The van der Waals surface area contributed by atoms with E-state index >= 15 is 0 Å². The van der Waals surface area contributed by atoms with Gasteiger partial charge in [-0.15, -0.1) is 0 Å². The molecule has 126 valence electrons. The molecule has 0 aromatic carbocycles. The molecule has 0 aromatic rings. The van der Waals surface area contributed by atoms with Crippen molar-refractivity contribution in [1.29, 1.82) is 0 Å². The van der Waals surface area contributed by atoms with Crippen molar-refractivity contribution in [3.05, 3.63) is 0 Å². The van der Waals surface area contributed by atoms with Gasteiger partial charge < -0.3 is 14.2 Å². The zero-order valence-electron chi connectivity index (χ0n) is 14.2. The van der Waals surface area contributed by atoms with Crippen LogP contribution in [0.15, 0.2) is 0 Å². The molecule has 0 heterocycles. The zero-order valence-corrected chi connectivity index (χ0v) is 14.2. The van der Waals surface area contributed by atoms with Gasteiger partial charge in [0.1, 0.15) is 12.2 Å². The monoisotopic (exact) mass is 314 g/mol. The van der Waals surface area contributed by atoms with Gasteiger partial charge in [-0.3, -0.25) is 14.4 Å². The van der Waals surface area contributed by atoms with Gasteiger partial charge in [0, 0.05) is 20.8 Å². The Kier molecular flexibility index (Phi) is 5.97. The Labute approximate surface area is 131 Å². The lowest BCUT2D eigenvalue weighted by Gasteiger charge is -2.47. The Morgan fingerprint density at radius 2 is 1.23 bits per heavy atom. The quantitative estimate of drug-likeness (QED) is 0.585. The van der Waals surface area contributed by atoms with Gasteiger partial charge in [-0.1, -0.05) is 20.8 Å². The number of esters is 3. The molecule has 0 aromatic heterocycles. The average Bonchev–Trinajstić information content (AvgIpc) is 2.31. The first kappa shape index (κ1) is 18.5. The fraction of sp³-hybridized carbons (Fsp3) is 0.812. The molecule has 6 nitrogen and oxygen atoms in total. The summed E-state index contributed by atoms with van der Waals surface area (Å²) in [5.41, 5.74) is -0.184. The highest BCUT2D eigenvalue weighted by Crippen LogP contribution is 2.45. The van der Waals surface area contributed by atoms with E-state index in [0.29, 0.717) is 18.8 Å². The van der Waals surface area contributed by atoms with Gasteiger partial charge in [-0.2, -0.15) is 0 Å². The smallest absolute Gasteiger partial charge is 0.303 e. The SMILES string of the molecule is CC(=O)O[C@@H]1C[C@](C)(C(C)C)C[C@@H](OC(C)=O)[C@H]1OC(C)=O. The molecule has 0 saturated heterocycles. The lowest BCUT2D eigenvalue weighted by Crippen LogP contribution is -2.54. The molecule has 6 heteroatoms. The Balaban J connectivity index is 3.12. The van der Waals surface area contributed by atoms with E-state index in [2.05, 4.69) is 20.8 Å². The van der Waals surface area contributed by atoms with Crippen LogP contribution in [0.4, 0.5) is 0 Å². The van der Waals surface area contributed by atoms with E-state index in [0.717, 1.165) is 0 Å². The van der Waals surface area contributed by atoms with Crippen molar-refractivity contribution in [2.75, 3.05) is 0 Å². The molecule has 1 fully saturated rings. The van der Waals surface area contributed by atoms with Crippen molar-refractivity contribution < 1.29 is 28.6 Å². The number of carbonyl (C=O) groups excluding carboxylic acids is 3. The molecular formula is C16H26O6. The van der Waals surface area contributed by atoms with E-state index in [1.54, 1.807) is 0 Å². The molecule has 0 N–H and O–H groups in total. The molecule has 0 spiro atoms. The van der Waals surface area contributed by atoms with E-state index in [-0.39, 0.29) is 5.41 Å². The van der Waals surface area contributed by atoms with Crippen LogP contribution >= 0.6 is 0 Å². The van der Waals surface area contributed by atoms with E-state index < -0.39 is 36.2 Å². The minimum atomic E-state index is -0.767. The molecule has 0 aliphatic heterocycles. The summed E-state index contributed by atoms with van der Waals surface area (Å²) in [6.07, 6.45) is -0.893. The molecule has 1 aliphatic carbocycles. The van der Waals surface area contributed by atoms with Gasteiger partial charge >= 0.3 is 17.9 Å². The van der Waals surface area contributed by atoms with E-state index in [1.807, 2.05) is 0 Å². The normalized spacial score (nSPS) is 31.5. The molecule has 1 saturated carbocycles. The lowest BCUT2D eigenvalue weighted by molar-refractivity contribution is -0.201. The molecule has 0 radical (unpaired) electrons. The summed E-state index contributed by atoms with van der Waals surface area (Å²) >= 11 is 0. The second-order valence-electron chi connectivity index (χ2n) is 6.59. The molecule has 2 atom stereocenters. The maximum atomic E-state index is 11.4. The molecular weight excluding hydrogens is 288 g/mol. The van der Waals surface area contributed by atoms with Crippen molar-refractivity contribution in [3.8, 4) is 0 Å². The van der Waals surface area contributed by atoms with Crippen LogP contribution in [0.2, 0.25) is 0 Å². The number of hydrogen-bond donors (Lipinski definition) is 0. The number of ether oxygens (including phenoxy) is 3. The Bertz CT molecular complexity index is 416. The maximum absolute atomic E-state index is 11.4. The van der Waals surface area contributed by atoms with Gasteiger partial charge in [0.2, 0.25) is 0 Å².